The molecule has 1 amide bonds. The zero-order chi connectivity index (χ0) is 18.0. The zero-order valence-electron chi connectivity index (χ0n) is 14.2. The molecule has 1 atom stereocenters. The summed E-state index contributed by atoms with van der Waals surface area (Å²) < 4.78 is 11.5. The second-order valence-corrected chi connectivity index (χ2v) is 7.17. The maximum atomic E-state index is 12.3. The molecule has 0 fully saturated rings. The van der Waals surface area contributed by atoms with Crippen LogP contribution in [0.1, 0.15) is 31.9 Å². The lowest BCUT2D eigenvalue weighted by atomic mass is 9.89. The van der Waals surface area contributed by atoms with Gasteiger partial charge in [-0.25, -0.2) is 0 Å². The highest BCUT2D eigenvalue weighted by Crippen LogP contribution is 2.40. The van der Waals surface area contributed by atoms with Gasteiger partial charge in [-0.3, -0.25) is 4.79 Å². The van der Waals surface area contributed by atoms with E-state index < -0.39 is 0 Å². The summed E-state index contributed by atoms with van der Waals surface area (Å²) in [7, 11) is 0. The number of anilines is 1. The molecule has 0 bridgehead atoms. The topological polar surface area (TPSA) is 73.6 Å². The zero-order valence-corrected chi connectivity index (χ0v) is 15.0. The van der Waals surface area contributed by atoms with Gasteiger partial charge in [0.15, 0.2) is 6.61 Å². The molecule has 2 aromatic carbocycles. The quantitative estimate of drug-likeness (QED) is 0.815. The van der Waals surface area contributed by atoms with Gasteiger partial charge in [-0.2, -0.15) is 0 Å². The fourth-order valence-corrected chi connectivity index (χ4v) is 3.12. The highest BCUT2D eigenvalue weighted by atomic mass is 35.5. The number of nitrogens with one attached hydrogen (secondary N) is 1. The number of fused-ring (bicyclic) bond motifs is 1. The molecule has 1 heterocycles. The molecule has 2 aromatic rings. The minimum Gasteiger partial charge on any atom is -0.487 e. The van der Waals surface area contributed by atoms with E-state index in [1.165, 1.54) is 0 Å². The Morgan fingerprint density at radius 3 is 2.92 bits per heavy atom. The highest BCUT2D eigenvalue weighted by Gasteiger charge is 2.34. The van der Waals surface area contributed by atoms with Crippen molar-refractivity contribution in [1.82, 2.24) is 5.32 Å². The fraction of sp³-hybridized carbons (Fsp3) is 0.316. The number of rotatable bonds is 4. The normalized spacial score (nSPS) is 18.0. The van der Waals surface area contributed by atoms with Crippen molar-refractivity contribution in [2.24, 2.45) is 0 Å². The standard InChI is InChI=1S/C19H21ClN2O3/c1-19(2)10-16(15-9-13(21)6-7-17(15)25-19)22-18(23)11-24-14-5-3-4-12(20)8-14/h3-9,16H,10-11,21H2,1-2H3,(H,22,23). The lowest BCUT2D eigenvalue weighted by molar-refractivity contribution is -0.124. The first kappa shape index (κ1) is 17.4. The Bertz CT molecular complexity index is 792. The van der Waals surface area contributed by atoms with Crippen LogP contribution in [0, 0.1) is 0 Å². The summed E-state index contributed by atoms with van der Waals surface area (Å²) in [6.45, 7) is 3.90. The van der Waals surface area contributed by atoms with E-state index in [2.05, 4.69) is 5.32 Å². The minimum absolute atomic E-state index is 0.0875. The Morgan fingerprint density at radius 1 is 1.36 bits per heavy atom. The molecular formula is C19H21ClN2O3. The number of carbonyl (C=O) groups is 1. The van der Waals surface area contributed by atoms with Gasteiger partial charge in [-0.1, -0.05) is 17.7 Å². The Morgan fingerprint density at radius 2 is 2.16 bits per heavy atom. The monoisotopic (exact) mass is 360 g/mol. The van der Waals surface area contributed by atoms with Crippen LogP contribution in [0.4, 0.5) is 5.69 Å². The predicted octanol–water partition coefficient (Wildman–Crippen LogP) is 3.72. The van der Waals surface area contributed by atoms with Crippen LogP contribution in [0.15, 0.2) is 42.5 Å². The van der Waals surface area contributed by atoms with Crippen molar-refractivity contribution in [3.05, 3.63) is 53.1 Å². The minimum atomic E-state index is -0.380. The van der Waals surface area contributed by atoms with Gasteiger partial charge >= 0.3 is 0 Å². The van der Waals surface area contributed by atoms with Crippen molar-refractivity contribution in [3.63, 3.8) is 0 Å². The van der Waals surface area contributed by atoms with Crippen LogP contribution in [0.25, 0.3) is 0 Å². The first-order valence-electron chi connectivity index (χ1n) is 8.08. The molecule has 132 valence electrons. The van der Waals surface area contributed by atoms with E-state index in [0.717, 1.165) is 11.3 Å². The Kier molecular flexibility index (Phi) is 4.77. The van der Waals surface area contributed by atoms with E-state index in [-0.39, 0.29) is 24.2 Å². The molecule has 1 unspecified atom stereocenters. The smallest absolute Gasteiger partial charge is 0.258 e. The maximum Gasteiger partial charge on any atom is 0.258 e. The Balaban J connectivity index is 1.69. The molecule has 25 heavy (non-hydrogen) atoms. The number of hydrogen-bond donors (Lipinski definition) is 2. The lowest BCUT2D eigenvalue weighted by Crippen LogP contribution is -2.42. The van der Waals surface area contributed by atoms with Crippen LogP contribution < -0.4 is 20.5 Å². The molecular weight excluding hydrogens is 340 g/mol. The summed E-state index contributed by atoms with van der Waals surface area (Å²) in [5.41, 5.74) is 7.03. The summed E-state index contributed by atoms with van der Waals surface area (Å²) >= 11 is 5.91. The number of hydrogen-bond acceptors (Lipinski definition) is 4. The average molecular weight is 361 g/mol. The SMILES string of the molecule is CC1(C)CC(NC(=O)COc2cccc(Cl)c2)c2cc(N)ccc2O1. The molecule has 0 radical (unpaired) electrons. The van der Waals surface area contributed by atoms with E-state index >= 15 is 0 Å². The van der Waals surface area contributed by atoms with Crippen LogP contribution in [0.5, 0.6) is 11.5 Å². The number of ether oxygens (including phenoxy) is 2. The molecule has 0 spiro atoms. The van der Waals surface area contributed by atoms with Gasteiger partial charge in [0.25, 0.3) is 5.91 Å². The van der Waals surface area contributed by atoms with Crippen molar-refractivity contribution in [1.29, 1.82) is 0 Å². The molecule has 3 N–H and O–H groups in total. The predicted molar refractivity (Wildman–Crippen MR) is 98.0 cm³/mol. The summed E-state index contributed by atoms with van der Waals surface area (Å²) in [5.74, 6) is 1.09. The highest BCUT2D eigenvalue weighted by molar-refractivity contribution is 6.30. The average Bonchev–Trinajstić information content (AvgIpc) is 2.53. The third-order valence-corrected chi connectivity index (χ3v) is 4.23. The first-order valence-corrected chi connectivity index (χ1v) is 8.46. The van der Waals surface area contributed by atoms with Gasteiger partial charge in [-0.05, 0) is 50.2 Å². The lowest BCUT2D eigenvalue weighted by Gasteiger charge is -2.38. The Hall–Kier alpha value is -2.40. The molecule has 1 aliphatic rings. The van der Waals surface area contributed by atoms with Gasteiger partial charge in [0.05, 0.1) is 6.04 Å². The summed E-state index contributed by atoms with van der Waals surface area (Å²) in [5, 5.41) is 3.57. The molecule has 0 aliphatic carbocycles. The van der Waals surface area contributed by atoms with Crippen molar-refractivity contribution < 1.29 is 14.3 Å². The van der Waals surface area contributed by atoms with Crippen molar-refractivity contribution in [2.75, 3.05) is 12.3 Å². The van der Waals surface area contributed by atoms with Gasteiger partial charge in [0.1, 0.15) is 17.1 Å². The van der Waals surface area contributed by atoms with Crippen molar-refractivity contribution >= 4 is 23.2 Å². The number of benzene rings is 2. The second kappa shape index (κ2) is 6.84. The van der Waals surface area contributed by atoms with Crippen molar-refractivity contribution in [2.45, 2.75) is 31.9 Å². The van der Waals surface area contributed by atoms with E-state index in [9.17, 15) is 4.79 Å². The van der Waals surface area contributed by atoms with E-state index in [0.29, 0.717) is 22.9 Å². The molecule has 5 nitrogen and oxygen atoms in total. The van der Waals surface area contributed by atoms with E-state index in [1.54, 1.807) is 30.3 Å². The Labute approximate surface area is 152 Å². The van der Waals surface area contributed by atoms with Crippen LogP contribution in [-0.4, -0.2) is 18.1 Å². The molecule has 1 aliphatic heterocycles. The molecule has 0 saturated carbocycles. The summed E-state index contributed by atoms with van der Waals surface area (Å²) in [4.78, 5) is 12.3. The van der Waals surface area contributed by atoms with Gasteiger partial charge in [-0.15, -0.1) is 0 Å². The number of halogens is 1. The third kappa shape index (κ3) is 4.37. The van der Waals surface area contributed by atoms with E-state index in [4.69, 9.17) is 26.8 Å². The summed E-state index contributed by atoms with van der Waals surface area (Å²) in [6, 6.07) is 12.2. The molecule has 0 saturated heterocycles. The maximum absolute atomic E-state index is 12.3. The number of carbonyl (C=O) groups excluding carboxylic acids is 1. The molecule has 3 rings (SSSR count). The second-order valence-electron chi connectivity index (χ2n) is 6.73. The van der Waals surface area contributed by atoms with Gasteiger partial charge in [0, 0.05) is 22.7 Å². The molecule has 6 heteroatoms. The molecule has 0 aromatic heterocycles. The van der Waals surface area contributed by atoms with Gasteiger partial charge in [0.2, 0.25) is 0 Å². The number of amides is 1. The van der Waals surface area contributed by atoms with Crippen LogP contribution in [-0.2, 0) is 4.79 Å². The number of nitrogens with two attached hydrogens (primary N) is 1. The van der Waals surface area contributed by atoms with Crippen LogP contribution >= 0.6 is 11.6 Å². The van der Waals surface area contributed by atoms with E-state index in [1.807, 2.05) is 26.0 Å². The summed E-state index contributed by atoms with van der Waals surface area (Å²) in [6.07, 6.45) is 0.645. The van der Waals surface area contributed by atoms with Gasteiger partial charge < -0.3 is 20.5 Å². The van der Waals surface area contributed by atoms with Crippen molar-refractivity contribution in [3.8, 4) is 11.5 Å². The van der Waals surface area contributed by atoms with Crippen LogP contribution in [0.3, 0.4) is 0 Å². The third-order valence-electron chi connectivity index (χ3n) is 3.99. The first-order chi connectivity index (χ1) is 11.8. The number of nitrogen functional groups attached to an aromatic ring is 1. The van der Waals surface area contributed by atoms with Crippen LogP contribution in [0.2, 0.25) is 5.02 Å². The largest absolute Gasteiger partial charge is 0.487 e. The fourth-order valence-electron chi connectivity index (χ4n) is 2.94.